The van der Waals surface area contributed by atoms with Crippen LogP contribution in [0.15, 0.2) is 48.8 Å². The van der Waals surface area contributed by atoms with Crippen LogP contribution in [-0.2, 0) is 9.53 Å². The van der Waals surface area contributed by atoms with Crippen molar-refractivity contribution in [3.8, 4) is 5.75 Å². The summed E-state index contributed by atoms with van der Waals surface area (Å²) in [5.74, 6) is -0.441. The summed E-state index contributed by atoms with van der Waals surface area (Å²) < 4.78 is 10.6. The van der Waals surface area contributed by atoms with Crippen molar-refractivity contribution in [2.24, 2.45) is 0 Å². The minimum Gasteiger partial charge on any atom is -0.492 e. The maximum Gasteiger partial charge on any atom is 0.339 e. The highest BCUT2D eigenvalue weighted by Crippen LogP contribution is 2.23. The predicted octanol–water partition coefficient (Wildman–Crippen LogP) is 2.66. The highest BCUT2D eigenvalue weighted by molar-refractivity contribution is 5.98. The molecule has 0 aliphatic heterocycles. The lowest BCUT2D eigenvalue weighted by atomic mass is 10.2. The van der Waals surface area contributed by atoms with Gasteiger partial charge in [0.1, 0.15) is 5.75 Å². The van der Waals surface area contributed by atoms with Gasteiger partial charge in [-0.15, -0.1) is 0 Å². The van der Waals surface area contributed by atoms with Gasteiger partial charge in [0.25, 0.3) is 5.91 Å². The van der Waals surface area contributed by atoms with E-state index in [2.05, 4.69) is 10.3 Å². The Bertz CT molecular complexity index is 673. The number of hydrogen-bond donors (Lipinski definition) is 1. The number of pyridine rings is 1. The number of hydrogen-bond acceptors (Lipinski definition) is 5. The Kier molecular flexibility index (Phi) is 5.68. The lowest BCUT2D eigenvalue weighted by Crippen LogP contribution is -2.30. The number of amides is 1. The molecule has 0 aliphatic carbocycles. The fourth-order valence-corrected chi connectivity index (χ4v) is 1.86. The van der Waals surface area contributed by atoms with E-state index in [1.807, 2.05) is 13.0 Å². The summed E-state index contributed by atoms with van der Waals surface area (Å²) in [6.07, 6.45) is 2.03. The zero-order chi connectivity index (χ0) is 16.7. The van der Waals surface area contributed by atoms with E-state index >= 15 is 0 Å². The van der Waals surface area contributed by atoms with E-state index in [9.17, 15) is 9.59 Å². The van der Waals surface area contributed by atoms with Gasteiger partial charge in [0.2, 0.25) is 0 Å². The van der Waals surface area contributed by atoms with Crippen LogP contribution in [0.3, 0.4) is 0 Å². The first kappa shape index (κ1) is 16.5. The van der Waals surface area contributed by atoms with Crippen molar-refractivity contribution in [2.45, 2.75) is 20.0 Å². The predicted molar refractivity (Wildman–Crippen MR) is 85.4 cm³/mol. The van der Waals surface area contributed by atoms with Gasteiger partial charge in [-0.1, -0.05) is 12.1 Å². The van der Waals surface area contributed by atoms with Crippen molar-refractivity contribution in [1.29, 1.82) is 0 Å². The van der Waals surface area contributed by atoms with Gasteiger partial charge in [0, 0.05) is 12.4 Å². The normalized spacial score (nSPS) is 11.4. The van der Waals surface area contributed by atoms with E-state index in [1.165, 1.54) is 31.5 Å². The summed E-state index contributed by atoms with van der Waals surface area (Å²) in [6.45, 7) is 3.86. The molecule has 6 heteroatoms. The first-order valence-electron chi connectivity index (χ1n) is 7.25. The molecule has 1 atom stereocenters. The highest BCUT2D eigenvalue weighted by Gasteiger charge is 2.20. The maximum atomic E-state index is 12.2. The van der Waals surface area contributed by atoms with Crippen LogP contribution < -0.4 is 10.1 Å². The average molecular weight is 314 g/mol. The number of ether oxygens (including phenoxy) is 2. The Hall–Kier alpha value is -2.89. The summed E-state index contributed by atoms with van der Waals surface area (Å²) in [7, 11) is 0. The lowest BCUT2D eigenvalue weighted by molar-refractivity contribution is -0.123. The van der Waals surface area contributed by atoms with Gasteiger partial charge < -0.3 is 14.8 Å². The van der Waals surface area contributed by atoms with Crippen molar-refractivity contribution < 1.29 is 19.1 Å². The quantitative estimate of drug-likeness (QED) is 0.829. The van der Waals surface area contributed by atoms with Crippen molar-refractivity contribution in [2.75, 3.05) is 11.9 Å². The molecule has 0 radical (unpaired) electrons. The van der Waals surface area contributed by atoms with E-state index in [-0.39, 0.29) is 0 Å². The third-order valence-corrected chi connectivity index (χ3v) is 3.01. The number of carbonyl (C=O) groups is 2. The van der Waals surface area contributed by atoms with Gasteiger partial charge in [0.05, 0.1) is 17.9 Å². The van der Waals surface area contributed by atoms with Gasteiger partial charge in [0.15, 0.2) is 6.10 Å². The van der Waals surface area contributed by atoms with Gasteiger partial charge in [-0.2, -0.15) is 0 Å². The molecule has 0 saturated heterocycles. The second kappa shape index (κ2) is 7.93. The third kappa shape index (κ3) is 4.54. The molecule has 0 fully saturated rings. The molecule has 1 aromatic heterocycles. The van der Waals surface area contributed by atoms with E-state index in [0.29, 0.717) is 23.6 Å². The van der Waals surface area contributed by atoms with E-state index in [4.69, 9.17) is 9.47 Å². The zero-order valence-corrected chi connectivity index (χ0v) is 13.0. The van der Waals surface area contributed by atoms with Crippen LogP contribution in [0.25, 0.3) is 0 Å². The van der Waals surface area contributed by atoms with E-state index in [0.717, 1.165) is 0 Å². The van der Waals surface area contributed by atoms with Crippen LogP contribution in [0.4, 0.5) is 5.69 Å². The van der Waals surface area contributed by atoms with Crippen LogP contribution in [0.2, 0.25) is 0 Å². The summed E-state index contributed by atoms with van der Waals surface area (Å²) >= 11 is 0. The van der Waals surface area contributed by atoms with Crippen molar-refractivity contribution in [1.82, 2.24) is 4.98 Å². The average Bonchev–Trinajstić information content (AvgIpc) is 2.57. The molecular weight excluding hydrogens is 296 g/mol. The summed E-state index contributed by atoms with van der Waals surface area (Å²) in [6, 6.07) is 10.1. The number of rotatable bonds is 6. The number of para-hydroxylation sites is 2. The molecule has 120 valence electrons. The monoisotopic (exact) mass is 314 g/mol. The molecule has 0 spiro atoms. The molecular formula is C17H18N2O4. The Morgan fingerprint density at radius 2 is 1.87 bits per heavy atom. The topological polar surface area (TPSA) is 77.5 Å². The van der Waals surface area contributed by atoms with Crippen LogP contribution in [0, 0.1) is 0 Å². The maximum absolute atomic E-state index is 12.2. The minimum absolute atomic E-state index is 0.342. The van der Waals surface area contributed by atoms with Gasteiger partial charge in [-0.05, 0) is 38.1 Å². The number of anilines is 1. The van der Waals surface area contributed by atoms with Crippen molar-refractivity contribution >= 4 is 17.6 Å². The first-order valence-corrected chi connectivity index (χ1v) is 7.25. The summed E-state index contributed by atoms with van der Waals surface area (Å²) in [5, 5.41) is 2.70. The van der Waals surface area contributed by atoms with Crippen LogP contribution in [0.5, 0.6) is 5.75 Å². The Morgan fingerprint density at radius 3 is 2.57 bits per heavy atom. The number of esters is 1. The zero-order valence-electron chi connectivity index (χ0n) is 13.0. The SMILES string of the molecule is CCOc1ccccc1NC(=O)C(C)OC(=O)c1ccncc1. The summed E-state index contributed by atoms with van der Waals surface area (Å²) in [4.78, 5) is 27.9. The molecule has 1 N–H and O–H groups in total. The molecule has 1 amide bonds. The van der Waals surface area contributed by atoms with Crippen LogP contribution in [-0.4, -0.2) is 29.6 Å². The largest absolute Gasteiger partial charge is 0.492 e. The second-order valence-electron chi connectivity index (χ2n) is 4.70. The standard InChI is InChI=1S/C17H18N2O4/c1-3-22-15-7-5-4-6-14(15)19-16(20)12(2)23-17(21)13-8-10-18-11-9-13/h4-12H,3H2,1-2H3,(H,19,20). The molecule has 0 bridgehead atoms. The van der Waals surface area contributed by atoms with E-state index < -0.39 is 18.0 Å². The van der Waals surface area contributed by atoms with Crippen molar-refractivity contribution in [3.63, 3.8) is 0 Å². The highest BCUT2D eigenvalue weighted by atomic mass is 16.5. The first-order chi connectivity index (χ1) is 11.1. The Balaban J connectivity index is 1.99. The Morgan fingerprint density at radius 1 is 1.17 bits per heavy atom. The molecule has 1 heterocycles. The molecule has 0 saturated carbocycles. The van der Waals surface area contributed by atoms with E-state index in [1.54, 1.807) is 18.2 Å². The number of nitrogens with one attached hydrogen (secondary N) is 1. The number of benzene rings is 1. The number of nitrogens with zero attached hydrogens (tertiary/aromatic N) is 1. The smallest absolute Gasteiger partial charge is 0.339 e. The summed E-state index contributed by atoms with van der Waals surface area (Å²) in [5.41, 5.74) is 0.875. The molecule has 23 heavy (non-hydrogen) atoms. The molecule has 1 unspecified atom stereocenters. The molecule has 2 aromatic rings. The fraction of sp³-hybridized carbons (Fsp3) is 0.235. The van der Waals surface area contributed by atoms with Crippen molar-refractivity contribution in [3.05, 3.63) is 54.4 Å². The molecule has 0 aliphatic rings. The lowest BCUT2D eigenvalue weighted by Gasteiger charge is -2.15. The van der Waals surface area contributed by atoms with Crippen LogP contribution >= 0.6 is 0 Å². The van der Waals surface area contributed by atoms with Gasteiger partial charge >= 0.3 is 5.97 Å². The third-order valence-electron chi connectivity index (χ3n) is 3.01. The second-order valence-corrected chi connectivity index (χ2v) is 4.70. The molecule has 1 aromatic carbocycles. The Labute approximate surface area is 134 Å². The van der Waals surface area contributed by atoms with Gasteiger partial charge in [-0.3, -0.25) is 9.78 Å². The van der Waals surface area contributed by atoms with Crippen LogP contribution in [0.1, 0.15) is 24.2 Å². The fourth-order valence-electron chi connectivity index (χ4n) is 1.86. The molecule has 6 nitrogen and oxygen atoms in total. The molecule has 2 rings (SSSR count). The van der Waals surface area contributed by atoms with Gasteiger partial charge in [-0.25, -0.2) is 4.79 Å². The number of aromatic nitrogens is 1. The minimum atomic E-state index is -0.939. The number of carbonyl (C=O) groups excluding carboxylic acids is 2.